The molecule has 3 nitrogen and oxygen atoms in total. The van der Waals surface area contributed by atoms with Crippen molar-refractivity contribution in [3.8, 4) is 0 Å². The van der Waals surface area contributed by atoms with E-state index in [1.807, 2.05) is 6.92 Å². The Morgan fingerprint density at radius 1 is 1.44 bits per heavy atom. The van der Waals surface area contributed by atoms with Crippen LogP contribution in [0.3, 0.4) is 0 Å². The van der Waals surface area contributed by atoms with Crippen molar-refractivity contribution in [2.24, 2.45) is 0 Å². The normalized spacial score (nSPS) is 11.6. The summed E-state index contributed by atoms with van der Waals surface area (Å²) in [5.74, 6) is -0.145. The van der Waals surface area contributed by atoms with Crippen LogP contribution in [0, 0.1) is 0 Å². The van der Waals surface area contributed by atoms with Gasteiger partial charge in [0.25, 0.3) is 0 Å². The molecule has 0 bridgehead atoms. The fourth-order valence-corrected chi connectivity index (χ4v) is 1.39. The maximum atomic E-state index is 12.6. The number of rotatable bonds is 4. The second-order valence-corrected chi connectivity index (χ2v) is 3.82. The number of anilines is 1. The van der Waals surface area contributed by atoms with Crippen molar-refractivity contribution in [2.45, 2.75) is 24.7 Å². The molecule has 1 N–H and O–H groups in total. The van der Waals surface area contributed by atoms with Gasteiger partial charge in [0.05, 0.1) is 0 Å². The van der Waals surface area contributed by atoms with Gasteiger partial charge in [-0.1, -0.05) is 18.7 Å². The molecule has 0 aliphatic carbocycles. The number of nitrogens with zero attached hydrogens (tertiary/aromatic N) is 2. The third-order valence-corrected chi connectivity index (χ3v) is 2.36. The van der Waals surface area contributed by atoms with E-state index in [1.165, 1.54) is 11.8 Å². The molecule has 0 atom stereocenters. The summed E-state index contributed by atoms with van der Waals surface area (Å²) in [4.78, 5) is 7.44. The minimum atomic E-state index is -4.42. The van der Waals surface area contributed by atoms with Gasteiger partial charge in [-0.05, 0) is 12.7 Å². The number of hydrogen-bond donors (Lipinski definition) is 1. The van der Waals surface area contributed by atoms with Crippen molar-refractivity contribution in [3.63, 3.8) is 0 Å². The molecule has 1 rings (SSSR count). The van der Waals surface area contributed by atoms with Crippen LogP contribution in [0.1, 0.15) is 18.9 Å². The van der Waals surface area contributed by atoms with Gasteiger partial charge in [-0.25, -0.2) is 9.97 Å². The first-order valence-electron chi connectivity index (χ1n) is 4.71. The van der Waals surface area contributed by atoms with Crippen LogP contribution >= 0.6 is 11.8 Å². The van der Waals surface area contributed by atoms with Crippen molar-refractivity contribution in [3.05, 3.63) is 11.8 Å². The van der Waals surface area contributed by atoms with Crippen LogP contribution in [0.2, 0.25) is 0 Å². The van der Waals surface area contributed by atoms with E-state index < -0.39 is 11.7 Å². The first kappa shape index (κ1) is 13.1. The van der Waals surface area contributed by atoms with Crippen molar-refractivity contribution < 1.29 is 13.2 Å². The Morgan fingerprint density at radius 3 is 2.62 bits per heavy atom. The van der Waals surface area contributed by atoms with Gasteiger partial charge in [0.1, 0.15) is 11.4 Å². The summed E-state index contributed by atoms with van der Waals surface area (Å²) in [6.07, 6.45) is -1.16. The van der Waals surface area contributed by atoms with Gasteiger partial charge in [0.2, 0.25) is 0 Å². The molecular weight excluding hydrogens is 239 g/mol. The molecule has 0 radical (unpaired) electrons. The molecular formula is C9H12F3N3S. The summed E-state index contributed by atoms with van der Waals surface area (Å²) in [6.45, 7) is 2.32. The molecule has 0 spiro atoms. The van der Waals surface area contributed by atoms with E-state index in [1.54, 1.807) is 6.26 Å². The van der Waals surface area contributed by atoms with Crippen LogP contribution in [0.25, 0.3) is 0 Å². The van der Waals surface area contributed by atoms with E-state index in [0.29, 0.717) is 11.7 Å². The van der Waals surface area contributed by atoms with Crippen molar-refractivity contribution in [1.82, 2.24) is 9.97 Å². The van der Waals surface area contributed by atoms with Gasteiger partial charge in [-0.3, -0.25) is 0 Å². The number of aromatic nitrogens is 2. The topological polar surface area (TPSA) is 37.8 Å². The molecule has 1 heterocycles. The standard InChI is InChI=1S/C9H12F3N3S/c1-3-4-13-7-6(9(10,11)12)5-14-8(15-7)16-2/h5H,3-4H2,1-2H3,(H,13,14,15). The second-order valence-electron chi connectivity index (χ2n) is 3.04. The van der Waals surface area contributed by atoms with Crippen molar-refractivity contribution in [1.29, 1.82) is 0 Å². The fraction of sp³-hybridized carbons (Fsp3) is 0.556. The highest BCUT2D eigenvalue weighted by atomic mass is 32.2. The summed E-state index contributed by atoms with van der Waals surface area (Å²) in [7, 11) is 0. The van der Waals surface area contributed by atoms with Crippen molar-refractivity contribution in [2.75, 3.05) is 18.1 Å². The fourth-order valence-electron chi connectivity index (χ4n) is 1.05. The highest BCUT2D eigenvalue weighted by Crippen LogP contribution is 2.33. The number of hydrogen-bond acceptors (Lipinski definition) is 4. The number of nitrogens with one attached hydrogen (secondary N) is 1. The lowest BCUT2D eigenvalue weighted by atomic mass is 10.3. The molecule has 7 heteroatoms. The van der Waals surface area contributed by atoms with E-state index in [2.05, 4.69) is 15.3 Å². The van der Waals surface area contributed by atoms with E-state index in [9.17, 15) is 13.2 Å². The van der Waals surface area contributed by atoms with Crippen LogP contribution in [0.15, 0.2) is 11.4 Å². The van der Waals surface area contributed by atoms with Gasteiger partial charge >= 0.3 is 6.18 Å². The first-order chi connectivity index (χ1) is 7.49. The van der Waals surface area contributed by atoms with Crippen molar-refractivity contribution >= 4 is 17.6 Å². The molecule has 0 aliphatic rings. The molecule has 0 amide bonds. The Balaban J connectivity index is 3.06. The molecule has 1 aromatic heterocycles. The predicted molar refractivity (Wildman–Crippen MR) is 57.6 cm³/mol. The summed E-state index contributed by atoms with van der Waals surface area (Å²) in [5.41, 5.74) is -0.821. The molecule has 0 aromatic carbocycles. The highest BCUT2D eigenvalue weighted by molar-refractivity contribution is 7.98. The second kappa shape index (κ2) is 5.38. The molecule has 0 unspecified atom stereocenters. The van der Waals surface area contributed by atoms with E-state index in [4.69, 9.17) is 0 Å². The smallest absolute Gasteiger partial charge is 0.369 e. The maximum absolute atomic E-state index is 12.6. The van der Waals surface area contributed by atoms with Crippen LogP contribution in [0.5, 0.6) is 0 Å². The molecule has 16 heavy (non-hydrogen) atoms. The van der Waals surface area contributed by atoms with Gasteiger partial charge in [-0.15, -0.1) is 0 Å². The minimum Gasteiger partial charge on any atom is -0.369 e. The van der Waals surface area contributed by atoms with Gasteiger partial charge in [0.15, 0.2) is 5.16 Å². The zero-order valence-electron chi connectivity index (χ0n) is 8.93. The number of thioether (sulfide) groups is 1. The zero-order valence-corrected chi connectivity index (χ0v) is 9.74. The van der Waals surface area contributed by atoms with E-state index in [0.717, 1.165) is 12.6 Å². The van der Waals surface area contributed by atoms with E-state index >= 15 is 0 Å². The lowest BCUT2D eigenvalue weighted by molar-refractivity contribution is -0.137. The molecule has 90 valence electrons. The monoisotopic (exact) mass is 251 g/mol. The third kappa shape index (κ3) is 3.26. The SMILES string of the molecule is CCCNc1nc(SC)ncc1C(F)(F)F. The Labute approximate surface area is 95.9 Å². The van der Waals surface area contributed by atoms with Gasteiger partial charge in [0, 0.05) is 12.7 Å². The Hall–Kier alpha value is -0.980. The average molecular weight is 251 g/mol. The summed E-state index contributed by atoms with van der Waals surface area (Å²) < 4.78 is 37.8. The average Bonchev–Trinajstić information content (AvgIpc) is 2.24. The lowest BCUT2D eigenvalue weighted by Crippen LogP contribution is -2.14. The maximum Gasteiger partial charge on any atom is 0.421 e. The first-order valence-corrected chi connectivity index (χ1v) is 5.93. The molecule has 0 fully saturated rings. The molecule has 0 saturated carbocycles. The summed E-state index contributed by atoms with van der Waals surface area (Å²) in [5, 5.41) is 2.99. The minimum absolute atomic E-state index is 0.145. The van der Waals surface area contributed by atoms with Crippen LogP contribution in [-0.4, -0.2) is 22.8 Å². The summed E-state index contributed by atoms with van der Waals surface area (Å²) >= 11 is 1.21. The van der Waals surface area contributed by atoms with Crippen LogP contribution in [0.4, 0.5) is 19.0 Å². The molecule has 0 aliphatic heterocycles. The zero-order chi connectivity index (χ0) is 12.2. The Kier molecular flexibility index (Phi) is 4.40. The van der Waals surface area contributed by atoms with Crippen LogP contribution in [-0.2, 0) is 6.18 Å². The quantitative estimate of drug-likeness (QED) is 0.659. The van der Waals surface area contributed by atoms with Gasteiger partial charge < -0.3 is 5.32 Å². The Bertz CT molecular complexity index is 354. The largest absolute Gasteiger partial charge is 0.421 e. The Morgan fingerprint density at radius 2 is 2.12 bits per heavy atom. The summed E-state index contributed by atoms with van der Waals surface area (Å²) in [6, 6.07) is 0. The third-order valence-electron chi connectivity index (χ3n) is 1.80. The van der Waals surface area contributed by atoms with E-state index in [-0.39, 0.29) is 5.82 Å². The number of halogens is 3. The highest BCUT2D eigenvalue weighted by Gasteiger charge is 2.35. The van der Waals surface area contributed by atoms with Crippen LogP contribution < -0.4 is 5.32 Å². The number of alkyl halides is 3. The lowest BCUT2D eigenvalue weighted by Gasteiger charge is -2.13. The predicted octanol–water partition coefficient (Wildman–Crippen LogP) is 3.04. The molecule has 0 saturated heterocycles. The molecule has 1 aromatic rings. The van der Waals surface area contributed by atoms with Gasteiger partial charge in [-0.2, -0.15) is 13.2 Å².